The first-order chi connectivity index (χ1) is 13.5. The van der Waals surface area contributed by atoms with Crippen molar-refractivity contribution in [3.63, 3.8) is 0 Å². The van der Waals surface area contributed by atoms with E-state index in [9.17, 15) is 14.4 Å². The molecular formula is C21H24N4O3. The molecule has 1 saturated heterocycles. The molecule has 0 bridgehead atoms. The monoisotopic (exact) mass is 380 g/mol. The molecule has 1 fully saturated rings. The second-order valence-electron chi connectivity index (χ2n) is 6.72. The van der Waals surface area contributed by atoms with Crippen LogP contribution in [0.1, 0.15) is 25.3 Å². The number of anilines is 2. The Morgan fingerprint density at radius 1 is 1.07 bits per heavy atom. The van der Waals surface area contributed by atoms with E-state index in [-0.39, 0.29) is 11.8 Å². The number of hydrogen-bond donors (Lipinski definition) is 3. The van der Waals surface area contributed by atoms with Gasteiger partial charge in [-0.2, -0.15) is 0 Å². The van der Waals surface area contributed by atoms with Crippen molar-refractivity contribution >= 4 is 29.2 Å². The quantitative estimate of drug-likeness (QED) is 0.720. The number of carbonyl (C=O) groups excluding carboxylic acids is 3. The van der Waals surface area contributed by atoms with Gasteiger partial charge in [0.2, 0.25) is 11.8 Å². The topological polar surface area (TPSA) is 90.5 Å². The fourth-order valence-electron chi connectivity index (χ4n) is 3.01. The molecular weight excluding hydrogens is 356 g/mol. The smallest absolute Gasteiger partial charge is 0.319 e. The summed E-state index contributed by atoms with van der Waals surface area (Å²) in [6.07, 6.45) is 1.49. The van der Waals surface area contributed by atoms with Crippen LogP contribution in [-0.2, 0) is 16.1 Å². The highest BCUT2D eigenvalue weighted by atomic mass is 16.2. The molecule has 1 aliphatic heterocycles. The molecule has 1 heterocycles. The van der Waals surface area contributed by atoms with Crippen LogP contribution in [0.3, 0.4) is 0 Å². The van der Waals surface area contributed by atoms with E-state index in [0.717, 1.165) is 24.2 Å². The fraction of sp³-hybridized carbons (Fsp3) is 0.286. The van der Waals surface area contributed by atoms with Crippen LogP contribution in [0.4, 0.5) is 16.2 Å². The molecule has 146 valence electrons. The van der Waals surface area contributed by atoms with Gasteiger partial charge in [0.25, 0.3) is 0 Å². The third-order valence-corrected chi connectivity index (χ3v) is 4.56. The zero-order valence-corrected chi connectivity index (χ0v) is 15.8. The first-order valence-corrected chi connectivity index (χ1v) is 9.32. The molecule has 4 amide bonds. The van der Waals surface area contributed by atoms with Crippen LogP contribution in [0.25, 0.3) is 0 Å². The third kappa shape index (κ3) is 5.09. The number of hydrogen-bond acceptors (Lipinski definition) is 3. The molecule has 28 heavy (non-hydrogen) atoms. The number of rotatable bonds is 6. The van der Waals surface area contributed by atoms with Gasteiger partial charge in [-0.25, -0.2) is 4.79 Å². The first-order valence-electron chi connectivity index (χ1n) is 9.32. The second kappa shape index (κ2) is 9.03. The molecule has 1 unspecified atom stereocenters. The molecule has 0 saturated carbocycles. The number of nitrogens with zero attached hydrogens (tertiary/aromatic N) is 1. The maximum absolute atomic E-state index is 12.2. The Morgan fingerprint density at radius 3 is 2.43 bits per heavy atom. The average molecular weight is 380 g/mol. The normalized spacial score (nSPS) is 14.5. The first kappa shape index (κ1) is 19.4. The number of nitrogens with one attached hydrogen (secondary N) is 3. The van der Waals surface area contributed by atoms with Gasteiger partial charge in [0.15, 0.2) is 0 Å². The van der Waals surface area contributed by atoms with Crippen molar-refractivity contribution in [1.82, 2.24) is 10.6 Å². The van der Waals surface area contributed by atoms with Crippen LogP contribution in [0.5, 0.6) is 0 Å². The molecule has 3 N–H and O–H groups in total. The molecule has 0 aromatic heterocycles. The van der Waals surface area contributed by atoms with Crippen LogP contribution in [0.2, 0.25) is 0 Å². The van der Waals surface area contributed by atoms with E-state index in [0.29, 0.717) is 18.7 Å². The van der Waals surface area contributed by atoms with Crippen molar-refractivity contribution in [2.24, 2.45) is 0 Å². The lowest BCUT2D eigenvalue weighted by Crippen LogP contribution is -2.46. The zero-order chi connectivity index (χ0) is 19.9. The summed E-state index contributed by atoms with van der Waals surface area (Å²) in [5.41, 5.74) is 2.46. The lowest BCUT2D eigenvalue weighted by atomic mass is 10.2. The number of para-hydroxylation sites is 1. The van der Waals surface area contributed by atoms with Gasteiger partial charge >= 0.3 is 6.03 Å². The van der Waals surface area contributed by atoms with E-state index >= 15 is 0 Å². The minimum Gasteiger partial charge on any atom is -0.350 e. The summed E-state index contributed by atoms with van der Waals surface area (Å²) in [5.74, 6) is -0.128. The summed E-state index contributed by atoms with van der Waals surface area (Å²) in [6, 6.07) is 15.5. The maximum Gasteiger partial charge on any atom is 0.319 e. The summed E-state index contributed by atoms with van der Waals surface area (Å²) in [7, 11) is 0. The fourth-order valence-corrected chi connectivity index (χ4v) is 3.01. The van der Waals surface area contributed by atoms with Gasteiger partial charge in [0.05, 0.1) is 0 Å². The van der Waals surface area contributed by atoms with Gasteiger partial charge in [-0.3, -0.25) is 9.59 Å². The highest BCUT2D eigenvalue weighted by Crippen LogP contribution is 2.21. The number of urea groups is 1. The van der Waals surface area contributed by atoms with Crippen LogP contribution < -0.4 is 20.9 Å². The predicted octanol–water partition coefficient (Wildman–Crippen LogP) is 2.64. The van der Waals surface area contributed by atoms with E-state index in [1.807, 2.05) is 42.5 Å². The molecule has 2 aromatic rings. The maximum atomic E-state index is 12.2. The van der Waals surface area contributed by atoms with E-state index in [1.54, 1.807) is 24.0 Å². The lowest BCUT2D eigenvalue weighted by Gasteiger charge is -2.17. The highest BCUT2D eigenvalue weighted by Gasteiger charge is 2.21. The SMILES string of the molecule is CC(NC(=O)Nc1ccccc1)C(=O)NCc1ccc(N2CCCC2=O)cc1. The standard InChI is InChI=1S/C21H24N4O3/c1-15(23-21(28)24-17-6-3-2-4-7-17)20(27)22-14-16-9-11-18(12-10-16)25-13-5-8-19(25)26/h2-4,6-7,9-12,15H,5,8,13-14H2,1H3,(H,22,27)(H2,23,24,28). The molecule has 0 radical (unpaired) electrons. The van der Waals surface area contributed by atoms with E-state index in [4.69, 9.17) is 0 Å². The molecule has 1 aliphatic rings. The Kier molecular flexibility index (Phi) is 6.26. The van der Waals surface area contributed by atoms with Gasteiger partial charge in [0, 0.05) is 30.9 Å². The van der Waals surface area contributed by atoms with E-state index in [2.05, 4.69) is 16.0 Å². The zero-order valence-electron chi connectivity index (χ0n) is 15.8. The Hall–Kier alpha value is -3.35. The van der Waals surface area contributed by atoms with Gasteiger partial charge < -0.3 is 20.9 Å². The number of benzene rings is 2. The van der Waals surface area contributed by atoms with Gasteiger partial charge in [-0.1, -0.05) is 30.3 Å². The van der Waals surface area contributed by atoms with Gasteiger partial charge in [-0.05, 0) is 43.2 Å². The molecule has 0 spiro atoms. The van der Waals surface area contributed by atoms with Crippen LogP contribution >= 0.6 is 0 Å². The minimum absolute atomic E-state index is 0.148. The van der Waals surface area contributed by atoms with Crippen LogP contribution in [0, 0.1) is 0 Å². The minimum atomic E-state index is -0.676. The largest absolute Gasteiger partial charge is 0.350 e. The highest BCUT2D eigenvalue weighted by molar-refractivity contribution is 5.95. The Bertz CT molecular complexity index is 836. The van der Waals surface area contributed by atoms with Crippen molar-refractivity contribution < 1.29 is 14.4 Å². The summed E-state index contributed by atoms with van der Waals surface area (Å²) in [4.78, 5) is 37.7. The Labute approximate surface area is 164 Å². The van der Waals surface area contributed by atoms with Gasteiger partial charge in [0.1, 0.15) is 6.04 Å². The summed E-state index contributed by atoms with van der Waals surface area (Å²) in [5, 5.41) is 8.09. The van der Waals surface area contributed by atoms with Crippen LogP contribution in [0.15, 0.2) is 54.6 Å². The summed E-state index contributed by atoms with van der Waals surface area (Å²) >= 11 is 0. The molecule has 7 nitrogen and oxygen atoms in total. The number of carbonyl (C=O) groups is 3. The molecule has 0 aliphatic carbocycles. The molecule has 2 aromatic carbocycles. The van der Waals surface area contributed by atoms with E-state index < -0.39 is 12.1 Å². The second-order valence-corrected chi connectivity index (χ2v) is 6.72. The Morgan fingerprint density at radius 2 is 1.79 bits per heavy atom. The molecule has 7 heteroatoms. The summed E-state index contributed by atoms with van der Waals surface area (Å²) < 4.78 is 0. The average Bonchev–Trinajstić information content (AvgIpc) is 3.13. The van der Waals surface area contributed by atoms with Crippen molar-refractivity contribution in [1.29, 1.82) is 0 Å². The summed E-state index contributed by atoms with van der Waals surface area (Å²) in [6.45, 7) is 2.73. The van der Waals surface area contributed by atoms with Crippen molar-refractivity contribution in [3.8, 4) is 0 Å². The van der Waals surface area contributed by atoms with E-state index in [1.165, 1.54) is 0 Å². The third-order valence-electron chi connectivity index (χ3n) is 4.56. The van der Waals surface area contributed by atoms with Crippen molar-refractivity contribution in [2.45, 2.75) is 32.4 Å². The Balaban J connectivity index is 1.45. The lowest BCUT2D eigenvalue weighted by molar-refractivity contribution is -0.122. The molecule has 3 rings (SSSR count). The van der Waals surface area contributed by atoms with Crippen LogP contribution in [-0.4, -0.2) is 30.4 Å². The molecule has 1 atom stereocenters. The predicted molar refractivity (Wildman–Crippen MR) is 108 cm³/mol. The number of amides is 4. The van der Waals surface area contributed by atoms with Gasteiger partial charge in [-0.15, -0.1) is 0 Å². The van der Waals surface area contributed by atoms with Crippen molar-refractivity contribution in [2.75, 3.05) is 16.8 Å². The van der Waals surface area contributed by atoms with Crippen molar-refractivity contribution in [3.05, 3.63) is 60.2 Å².